The van der Waals surface area contributed by atoms with E-state index in [0.29, 0.717) is 10.2 Å². The molecule has 1 aliphatic rings. The zero-order valence-electron chi connectivity index (χ0n) is 10.0. The van der Waals surface area contributed by atoms with E-state index in [0.717, 1.165) is 37.0 Å². The van der Waals surface area contributed by atoms with E-state index in [1.807, 2.05) is 0 Å². The molecule has 19 heavy (non-hydrogen) atoms. The van der Waals surface area contributed by atoms with Crippen LogP contribution in [0.1, 0.15) is 25.7 Å². The van der Waals surface area contributed by atoms with Crippen LogP contribution < -0.4 is 4.72 Å². The van der Waals surface area contributed by atoms with Crippen LogP contribution in [0.4, 0.5) is 0 Å². The van der Waals surface area contributed by atoms with Crippen LogP contribution in [0.15, 0.2) is 11.0 Å². The number of nitrogens with one attached hydrogen (secondary N) is 1. The molecule has 1 fully saturated rings. The molecule has 0 radical (unpaired) electrons. The van der Waals surface area contributed by atoms with E-state index in [2.05, 4.69) is 4.72 Å². The van der Waals surface area contributed by atoms with Crippen molar-refractivity contribution in [2.24, 2.45) is 5.92 Å². The van der Waals surface area contributed by atoms with Crippen molar-refractivity contribution in [2.75, 3.05) is 5.88 Å². The monoisotopic (exact) mass is 361 g/mol. The summed E-state index contributed by atoms with van der Waals surface area (Å²) < 4.78 is 27.9. The molecule has 0 spiro atoms. The summed E-state index contributed by atoms with van der Waals surface area (Å²) in [6, 6.07) is 1.26. The Balaban J connectivity index is 2.19. The van der Waals surface area contributed by atoms with Gasteiger partial charge in [0.15, 0.2) is 0 Å². The maximum Gasteiger partial charge on any atom is 0.243 e. The van der Waals surface area contributed by atoms with Crippen molar-refractivity contribution < 1.29 is 8.42 Å². The minimum Gasteiger partial charge on any atom is -0.208 e. The zero-order valence-corrected chi connectivity index (χ0v) is 13.9. The van der Waals surface area contributed by atoms with Crippen LogP contribution in [-0.4, -0.2) is 20.3 Å². The highest BCUT2D eigenvalue weighted by molar-refractivity contribution is 7.89. The molecular weight excluding hydrogens is 349 g/mol. The van der Waals surface area contributed by atoms with Crippen molar-refractivity contribution in [1.82, 2.24) is 4.72 Å². The smallest absolute Gasteiger partial charge is 0.208 e. The Bertz CT molecular complexity index is 544. The summed E-state index contributed by atoms with van der Waals surface area (Å²) in [7, 11) is -3.63. The van der Waals surface area contributed by atoms with E-state index in [4.69, 9.17) is 34.8 Å². The van der Waals surface area contributed by atoms with Crippen LogP contribution in [0.3, 0.4) is 0 Å². The van der Waals surface area contributed by atoms with Crippen molar-refractivity contribution in [3.05, 3.63) is 14.7 Å². The van der Waals surface area contributed by atoms with Gasteiger partial charge in [-0.25, -0.2) is 13.1 Å². The maximum absolute atomic E-state index is 12.3. The molecule has 2 unspecified atom stereocenters. The third-order valence-electron chi connectivity index (χ3n) is 3.33. The zero-order chi connectivity index (χ0) is 14.0. The Labute approximate surface area is 132 Å². The average molecular weight is 363 g/mol. The third kappa shape index (κ3) is 3.77. The molecule has 1 heterocycles. The van der Waals surface area contributed by atoms with E-state index < -0.39 is 10.0 Å². The summed E-state index contributed by atoms with van der Waals surface area (Å²) in [5, 5.41) is 0. The van der Waals surface area contributed by atoms with Gasteiger partial charge in [0.2, 0.25) is 10.0 Å². The summed E-state index contributed by atoms with van der Waals surface area (Å²) >= 11 is 18.7. The Morgan fingerprint density at radius 1 is 1.32 bits per heavy atom. The SMILES string of the molecule is O=S(=O)(NC1CCCCC1CCl)c1cc(Cl)sc1Cl. The van der Waals surface area contributed by atoms with E-state index in [1.165, 1.54) is 6.07 Å². The van der Waals surface area contributed by atoms with Crippen molar-refractivity contribution in [2.45, 2.75) is 36.6 Å². The first kappa shape index (κ1) is 15.9. The molecule has 0 bridgehead atoms. The molecule has 0 aliphatic heterocycles. The van der Waals surface area contributed by atoms with E-state index >= 15 is 0 Å². The number of hydrogen-bond acceptors (Lipinski definition) is 3. The summed E-state index contributed by atoms with van der Waals surface area (Å²) in [6.45, 7) is 0. The highest BCUT2D eigenvalue weighted by Gasteiger charge is 2.30. The minimum atomic E-state index is -3.63. The normalized spacial score (nSPS) is 24.6. The van der Waals surface area contributed by atoms with Crippen molar-refractivity contribution >= 4 is 56.2 Å². The lowest BCUT2D eigenvalue weighted by Gasteiger charge is -2.30. The molecule has 2 atom stereocenters. The number of hydrogen-bond donors (Lipinski definition) is 1. The number of alkyl halides is 1. The van der Waals surface area contributed by atoms with Gasteiger partial charge in [-0.15, -0.1) is 22.9 Å². The fraction of sp³-hybridized carbons (Fsp3) is 0.636. The van der Waals surface area contributed by atoms with Crippen molar-refractivity contribution in [1.29, 1.82) is 0 Å². The van der Waals surface area contributed by atoms with Gasteiger partial charge in [0, 0.05) is 11.9 Å². The van der Waals surface area contributed by atoms with Crippen LogP contribution >= 0.6 is 46.1 Å². The van der Waals surface area contributed by atoms with Gasteiger partial charge < -0.3 is 0 Å². The fourth-order valence-corrected chi connectivity index (χ4v) is 6.18. The first-order chi connectivity index (χ1) is 8.94. The van der Waals surface area contributed by atoms with Gasteiger partial charge in [-0.2, -0.15) is 0 Å². The van der Waals surface area contributed by atoms with Gasteiger partial charge in [-0.05, 0) is 24.8 Å². The molecule has 1 aromatic rings. The second kappa shape index (κ2) is 6.50. The Hall–Kier alpha value is 0.480. The maximum atomic E-state index is 12.3. The molecular formula is C11H14Cl3NO2S2. The fourth-order valence-electron chi connectivity index (χ4n) is 2.32. The molecule has 0 saturated heterocycles. The van der Waals surface area contributed by atoms with Gasteiger partial charge in [0.25, 0.3) is 0 Å². The summed E-state index contributed by atoms with van der Waals surface area (Å²) in [4.78, 5) is 0.0584. The topological polar surface area (TPSA) is 46.2 Å². The molecule has 1 aliphatic carbocycles. The first-order valence-electron chi connectivity index (χ1n) is 5.97. The lowest BCUT2D eigenvalue weighted by atomic mass is 9.86. The minimum absolute atomic E-state index is 0.0584. The molecule has 2 rings (SSSR count). The van der Waals surface area contributed by atoms with Crippen LogP contribution in [0.2, 0.25) is 8.67 Å². The second-order valence-corrected chi connectivity index (χ2v) is 8.89. The van der Waals surface area contributed by atoms with Crippen LogP contribution in [-0.2, 0) is 10.0 Å². The van der Waals surface area contributed by atoms with E-state index in [9.17, 15) is 8.42 Å². The summed E-state index contributed by atoms with van der Waals surface area (Å²) in [5.74, 6) is 0.642. The number of thiophene rings is 1. The molecule has 108 valence electrons. The summed E-state index contributed by atoms with van der Waals surface area (Å²) in [6.07, 6.45) is 3.88. The Morgan fingerprint density at radius 2 is 2.00 bits per heavy atom. The number of rotatable bonds is 4. The van der Waals surface area contributed by atoms with Gasteiger partial charge in [0.1, 0.15) is 9.23 Å². The molecule has 0 aromatic carbocycles. The predicted molar refractivity (Wildman–Crippen MR) is 81.1 cm³/mol. The standard InChI is InChI=1S/C11H14Cl3NO2S2/c12-6-7-3-1-2-4-8(7)15-19(16,17)9-5-10(13)18-11(9)14/h5,7-8,15H,1-4,6H2. The van der Waals surface area contributed by atoms with Gasteiger partial charge in [0.05, 0.1) is 4.34 Å². The number of halogens is 3. The third-order valence-corrected chi connectivity index (χ3v) is 6.97. The van der Waals surface area contributed by atoms with Crippen molar-refractivity contribution in [3.8, 4) is 0 Å². The van der Waals surface area contributed by atoms with Crippen LogP contribution in [0.5, 0.6) is 0 Å². The number of sulfonamides is 1. The van der Waals surface area contributed by atoms with Crippen molar-refractivity contribution in [3.63, 3.8) is 0 Å². The average Bonchev–Trinajstić information content (AvgIpc) is 2.69. The first-order valence-corrected chi connectivity index (χ1v) is 9.56. The summed E-state index contributed by atoms with van der Waals surface area (Å²) in [5.41, 5.74) is 0. The lowest BCUT2D eigenvalue weighted by molar-refractivity contribution is 0.314. The van der Waals surface area contributed by atoms with E-state index in [-0.39, 0.29) is 21.2 Å². The van der Waals surface area contributed by atoms with E-state index in [1.54, 1.807) is 0 Å². The lowest BCUT2D eigenvalue weighted by Crippen LogP contribution is -2.42. The molecule has 8 heteroatoms. The quantitative estimate of drug-likeness (QED) is 0.819. The molecule has 3 nitrogen and oxygen atoms in total. The molecule has 0 amide bonds. The second-order valence-electron chi connectivity index (χ2n) is 4.62. The highest BCUT2D eigenvalue weighted by atomic mass is 35.5. The molecule has 1 aromatic heterocycles. The Morgan fingerprint density at radius 3 is 2.58 bits per heavy atom. The Kier molecular flexibility index (Phi) is 5.42. The van der Waals surface area contributed by atoms with Crippen LogP contribution in [0, 0.1) is 5.92 Å². The van der Waals surface area contributed by atoms with Crippen LogP contribution in [0.25, 0.3) is 0 Å². The largest absolute Gasteiger partial charge is 0.243 e. The predicted octanol–water partition coefficient (Wildman–Crippen LogP) is 4.13. The molecule has 1 saturated carbocycles. The highest BCUT2D eigenvalue weighted by Crippen LogP contribution is 2.35. The molecule has 1 N–H and O–H groups in total. The van der Waals surface area contributed by atoms with Gasteiger partial charge in [-0.1, -0.05) is 36.0 Å². The van der Waals surface area contributed by atoms with Gasteiger partial charge in [-0.3, -0.25) is 0 Å². The van der Waals surface area contributed by atoms with Gasteiger partial charge >= 0.3 is 0 Å².